The third-order valence-electron chi connectivity index (χ3n) is 3.87. The van der Waals surface area contributed by atoms with E-state index in [-0.39, 0.29) is 18.8 Å². The van der Waals surface area contributed by atoms with Crippen molar-refractivity contribution in [2.75, 3.05) is 20.2 Å². The van der Waals surface area contributed by atoms with Crippen molar-refractivity contribution >= 4 is 11.6 Å². The second-order valence-corrected chi connectivity index (χ2v) is 5.74. The molecule has 5 heteroatoms. The molecule has 20 heavy (non-hydrogen) atoms. The van der Waals surface area contributed by atoms with E-state index in [0.29, 0.717) is 17.3 Å². The van der Waals surface area contributed by atoms with Gasteiger partial charge in [0.2, 0.25) is 0 Å². The Labute approximate surface area is 124 Å². The first-order chi connectivity index (χ1) is 9.61. The summed E-state index contributed by atoms with van der Waals surface area (Å²) in [6.45, 7) is 0.658. The molecular weight excluding hydrogens is 278 g/mol. The van der Waals surface area contributed by atoms with Gasteiger partial charge in [0.1, 0.15) is 18.0 Å². The Balaban J connectivity index is 2.01. The third-order valence-corrected chi connectivity index (χ3v) is 4.10. The molecule has 0 amide bonds. The first kappa shape index (κ1) is 15.6. The second-order valence-electron chi connectivity index (χ2n) is 5.31. The van der Waals surface area contributed by atoms with Crippen molar-refractivity contribution in [3.63, 3.8) is 0 Å². The fourth-order valence-electron chi connectivity index (χ4n) is 2.77. The number of nitrogens with zero attached hydrogens (tertiary/aromatic N) is 1. The molecule has 1 aliphatic rings. The minimum absolute atomic E-state index is 0.0279. The molecule has 1 aromatic carbocycles. The Hall–Kier alpha value is -0.810. The van der Waals surface area contributed by atoms with Gasteiger partial charge < -0.3 is 14.9 Å². The van der Waals surface area contributed by atoms with Crippen LogP contribution in [0.4, 0.5) is 0 Å². The largest absolute Gasteiger partial charge is 0.488 e. The van der Waals surface area contributed by atoms with E-state index in [1.54, 1.807) is 12.1 Å². The van der Waals surface area contributed by atoms with Crippen LogP contribution in [0.1, 0.15) is 19.3 Å². The molecule has 0 aromatic heterocycles. The lowest BCUT2D eigenvalue weighted by molar-refractivity contribution is -0.0495. The van der Waals surface area contributed by atoms with Gasteiger partial charge in [0, 0.05) is 17.6 Å². The molecule has 0 spiro atoms. The van der Waals surface area contributed by atoms with Crippen LogP contribution in [0.5, 0.6) is 5.75 Å². The van der Waals surface area contributed by atoms with Crippen LogP contribution in [0.2, 0.25) is 5.02 Å². The van der Waals surface area contributed by atoms with Crippen LogP contribution < -0.4 is 4.74 Å². The number of hydrogen-bond acceptors (Lipinski definition) is 4. The lowest BCUT2D eigenvalue weighted by Crippen LogP contribution is -2.52. The highest BCUT2D eigenvalue weighted by molar-refractivity contribution is 6.30. The molecule has 112 valence electrons. The molecule has 1 aromatic rings. The van der Waals surface area contributed by atoms with Gasteiger partial charge >= 0.3 is 0 Å². The van der Waals surface area contributed by atoms with E-state index in [1.807, 2.05) is 24.1 Å². The summed E-state index contributed by atoms with van der Waals surface area (Å²) in [6, 6.07) is 7.26. The number of ether oxygens (including phenoxy) is 1. The summed E-state index contributed by atoms with van der Waals surface area (Å²) in [6.07, 6.45) is 1.97. The summed E-state index contributed by atoms with van der Waals surface area (Å²) in [5.41, 5.74) is 0. The standard InChI is InChI=1S/C15H22ClNO3/c1-17(8-9-18)13-6-3-7-14(15(13)19)20-12-5-2-4-11(16)10-12/h2,4-5,10,13-15,18-19H,3,6-9H2,1H3/t13-,14+,15+/m0/s1. The zero-order valence-corrected chi connectivity index (χ0v) is 12.5. The first-order valence-corrected chi connectivity index (χ1v) is 7.41. The van der Waals surface area contributed by atoms with E-state index in [9.17, 15) is 5.11 Å². The molecule has 1 fully saturated rings. The van der Waals surface area contributed by atoms with Crippen molar-refractivity contribution in [3.8, 4) is 5.75 Å². The van der Waals surface area contributed by atoms with Crippen molar-refractivity contribution in [3.05, 3.63) is 29.3 Å². The topological polar surface area (TPSA) is 52.9 Å². The maximum absolute atomic E-state index is 10.5. The summed E-state index contributed by atoms with van der Waals surface area (Å²) in [5, 5.41) is 20.1. The van der Waals surface area contributed by atoms with Crippen molar-refractivity contribution in [1.82, 2.24) is 4.90 Å². The fraction of sp³-hybridized carbons (Fsp3) is 0.600. The summed E-state index contributed by atoms with van der Waals surface area (Å²) in [5.74, 6) is 0.687. The molecule has 2 N–H and O–H groups in total. The number of aliphatic hydroxyl groups excluding tert-OH is 2. The highest BCUT2D eigenvalue weighted by Crippen LogP contribution is 2.27. The molecule has 0 aliphatic heterocycles. The third kappa shape index (κ3) is 3.85. The van der Waals surface area contributed by atoms with Crippen LogP contribution in [0.25, 0.3) is 0 Å². The molecule has 0 unspecified atom stereocenters. The highest BCUT2D eigenvalue weighted by atomic mass is 35.5. The van der Waals surface area contributed by atoms with E-state index >= 15 is 0 Å². The van der Waals surface area contributed by atoms with E-state index in [1.165, 1.54) is 0 Å². The predicted octanol–water partition coefficient (Wildman–Crippen LogP) is 1.92. The Morgan fingerprint density at radius 2 is 2.20 bits per heavy atom. The van der Waals surface area contributed by atoms with Gasteiger partial charge in [-0.1, -0.05) is 17.7 Å². The van der Waals surface area contributed by atoms with Crippen LogP contribution in [0.15, 0.2) is 24.3 Å². The van der Waals surface area contributed by atoms with Crippen LogP contribution in [0.3, 0.4) is 0 Å². The molecule has 0 saturated heterocycles. The second kappa shape index (κ2) is 7.27. The van der Waals surface area contributed by atoms with Gasteiger partial charge in [0.15, 0.2) is 0 Å². The number of aliphatic hydroxyl groups is 2. The van der Waals surface area contributed by atoms with E-state index in [0.717, 1.165) is 19.3 Å². The smallest absolute Gasteiger partial charge is 0.126 e. The number of benzene rings is 1. The number of halogens is 1. The van der Waals surface area contributed by atoms with Gasteiger partial charge in [-0.15, -0.1) is 0 Å². The average molecular weight is 300 g/mol. The Morgan fingerprint density at radius 3 is 2.90 bits per heavy atom. The zero-order chi connectivity index (χ0) is 14.5. The maximum atomic E-state index is 10.5. The summed E-state index contributed by atoms with van der Waals surface area (Å²) < 4.78 is 5.88. The van der Waals surface area contributed by atoms with Crippen molar-refractivity contribution in [2.45, 2.75) is 37.5 Å². The maximum Gasteiger partial charge on any atom is 0.126 e. The van der Waals surface area contributed by atoms with Crippen LogP contribution in [-0.4, -0.2) is 53.6 Å². The van der Waals surface area contributed by atoms with Gasteiger partial charge in [-0.25, -0.2) is 0 Å². The lowest BCUT2D eigenvalue weighted by Gasteiger charge is -2.39. The van der Waals surface area contributed by atoms with Crippen molar-refractivity contribution in [1.29, 1.82) is 0 Å². The quantitative estimate of drug-likeness (QED) is 0.872. The summed E-state index contributed by atoms with van der Waals surface area (Å²) in [7, 11) is 1.92. The van der Waals surface area contributed by atoms with Crippen molar-refractivity contribution in [2.24, 2.45) is 0 Å². The zero-order valence-electron chi connectivity index (χ0n) is 11.7. The monoisotopic (exact) mass is 299 g/mol. The fourth-order valence-corrected chi connectivity index (χ4v) is 2.95. The summed E-state index contributed by atoms with van der Waals surface area (Å²) >= 11 is 5.94. The first-order valence-electron chi connectivity index (χ1n) is 7.03. The SMILES string of the molecule is CN(CCO)[C@H]1CCC[C@@H](Oc2cccc(Cl)c2)[C@@H]1O. The predicted molar refractivity (Wildman–Crippen MR) is 79.2 cm³/mol. The summed E-state index contributed by atoms with van der Waals surface area (Å²) in [4.78, 5) is 2.00. The molecule has 2 rings (SSSR count). The van der Waals surface area contributed by atoms with Gasteiger partial charge in [-0.2, -0.15) is 0 Å². The van der Waals surface area contributed by atoms with Crippen LogP contribution >= 0.6 is 11.6 Å². The molecule has 4 nitrogen and oxygen atoms in total. The Kier molecular flexibility index (Phi) is 5.66. The molecule has 0 heterocycles. The van der Waals surface area contributed by atoms with Crippen molar-refractivity contribution < 1.29 is 14.9 Å². The number of rotatable bonds is 5. The number of likely N-dealkylation sites (N-methyl/N-ethyl adjacent to an activating group) is 1. The molecule has 0 bridgehead atoms. The Morgan fingerprint density at radius 1 is 1.40 bits per heavy atom. The molecule has 1 saturated carbocycles. The van der Waals surface area contributed by atoms with Gasteiger partial charge in [-0.3, -0.25) is 4.90 Å². The highest BCUT2D eigenvalue weighted by Gasteiger charge is 2.35. The van der Waals surface area contributed by atoms with Gasteiger partial charge in [-0.05, 0) is 44.5 Å². The number of hydrogen-bond donors (Lipinski definition) is 2. The Bertz CT molecular complexity index is 429. The minimum atomic E-state index is -0.556. The van der Waals surface area contributed by atoms with Crippen LogP contribution in [0, 0.1) is 0 Å². The normalized spacial score (nSPS) is 26.8. The molecule has 3 atom stereocenters. The average Bonchev–Trinajstić information content (AvgIpc) is 2.41. The molecule has 0 radical (unpaired) electrons. The van der Waals surface area contributed by atoms with Crippen LogP contribution in [-0.2, 0) is 0 Å². The molecular formula is C15H22ClNO3. The minimum Gasteiger partial charge on any atom is -0.488 e. The van der Waals surface area contributed by atoms with E-state index in [4.69, 9.17) is 21.4 Å². The van der Waals surface area contributed by atoms with Gasteiger partial charge in [0.05, 0.1) is 6.61 Å². The van der Waals surface area contributed by atoms with Gasteiger partial charge in [0.25, 0.3) is 0 Å². The molecule has 1 aliphatic carbocycles. The van der Waals surface area contributed by atoms with E-state index < -0.39 is 6.10 Å². The van der Waals surface area contributed by atoms with E-state index in [2.05, 4.69) is 0 Å². The lowest BCUT2D eigenvalue weighted by atomic mass is 9.89.